The molecule has 1 heterocycles. The third kappa shape index (κ3) is 2.57. The highest BCUT2D eigenvalue weighted by molar-refractivity contribution is 7.89. The lowest BCUT2D eigenvalue weighted by atomic mass is 9.98. The van der Waals surface area contributed by atoms with Crippen LogP contribution in [0, 0.1) is 11.6 Å². The molecule has 1 unspecified atom stereocenters. The van der Waals surface area contributed by atoms with Crippen LogP contribution in [-0.2, 0) is 10.0 Å². The molecule has 0 spiro atoms. The molecular weight excluding hydrogens is 288 g/mol. The van der Waals surface area contributed by atoms with Gasteiger partial charge in [-0.1, -0.05) is 6.07 Å². The normalized spacial score (nSPS) is 21.4. The third-order valence-corrected chi connectivity index (χ3v) is 5.45. The van der Waals surface area contributed by atoms with Crippen molar-refractivity contribution < 1.29 is 22.3 Å². The summed E-state index contributed by atoms with van der Waals surface area (Å²) in [6.07, 6.45) is 1.06. The van der Waals surface area contributed by atoms with Crippen LogP contribution in [0.1, 0.15) is 26.7 Å². The third-order valence-electron chi connectivity index (χ3n) is 3.52. The number of aliphatic hydroxyl groups is 1. The predicted molar refractivity (Wildman–Crippen MR) is 69.6 cm³/mol. The molecule has 0 amide bonds. The number of nitrogens with zero attached hydrogens (tertiary/aromatic N) is 1. The van der Waals surface area contributed by atoms with Crippen molar-refractivity contribution in [3.63, 3.8) is 0 Å². The summed E-state index contributed by atoms with van der Waals surface area (Å²) in [7, 11) is -4.17. The Morgan fingerprint density at radius 1 is 1.35 bits per heavy atom. The highest BCUT2D eigenvalue weighted by Crippen LogP contribution is 2.33. The molecule has 20 heavy (non-hydrogen) atoms. The van der Waals surface area contributed by atoms with Crippen molar-refractivity contribution in [3.8, 4) is 0 Å². The van der Waals surface area contributed by atoms with Gasteiger partial charge in [-0.05, 0) is 38.8 Å². The van der Waals surface area contributed by atoms with Gasteiger partial charge in [0.2, 0.25) is 10.0 Å². The van der Waals surface area contributed by atoms with Gasteiger partial charge in [0.15, 0.2) is 11.6 Å². The lowest BCUT2D eigenvalue weighted by molar-refractivity contribution is 0.0214. The molecule has 1 aromatic rings. The molecule has 0 aliphatic carbocycles. The molecule has 1 aromatic carbocycles. The van der Waals surface area contributed by atoms with Crippen molar-refractivity contribution >= 4 is 10.0 Å². The number of sulfonamides is 1. The van der Waals surface area contributed by atoms with E-state index in [1.54, 1.807) is 0 Å². The molecule has 1 saturated heterocycles. The van der Waals surface area contributed by atoms with Crippen LogP contribution in [0.15, 0.2) is 23.1 Å². The Labute approximate surface area is 117 Å². The van der Waals surface area contributed by atoms with Gasteiger partial charge in [-0.15, -0.1) is 0 Å². The lowest BCUT2D eigenvalue weighted by Crippen LogP contribution is -2.48. The fourth-order valence-electron chi connectivity index (χ4n) is 2.54. The van der Waals surface area contributed by atoms with Crippen molar-refractivity contribution in [2.45, 2.75) is 43.2 Å². The van der Waals surface area contributed by atoms with Crippen LogP contribution in [0.25, 0.3) is 0 Å². The minimum atomic E-state index is -4.17. The standard InChI is InChI=1S/C13H17F2NO3S/c1-13(2,17)11-7-4-8-16(11)20(18,19)10-6-3-5-9(14)12(10)15/h3,5-6,11,17H,4,7-8H2,1-2H3. The van der Waals surface area contributed by atoms with Gasteiger partial charge in [0.05, 0.1) is 11.6 Å². The van der Waals surface area contributed by atoms with Gasteiger partial charge in [0.25, 0.3) is 0 Å². The predicted octanol–water partition coefficient (Wildman–Crippen LogP) is 1.89. The maximum Gasteiger partial charge on any atom is 0.246 e. The van der Waals surface area contributed by atoms with Gasteiger partial charge >= 0.3 is 0 Å². The first-order valence-corrected chi connectivity index (χ1v) is 7.78. The Kier molecular flexibility index (Phi) is 3.88. The second kappa shape index (κ2) is 5.05. The molecule has 0 bridgehead atoms. The molecular formula is C13H17F2NO3S. The Morgan fingerprint density at radius 2 is 2.00 bits per heavy atom. The number of hydrogen-bond donors (Lipinski definition) is 1. The molecule has 1 aliphatic rings. The summed E-state index contributed by atoms with van der Waals surface area (Å²) >= 11 is 0. The van der Waals surface area contributed by atoms with Crippen LogP contribution >= 0.6 is 0 Å². The number of hydrogen-bond acceptors (Lipinski definition) is 3. The van der Waals surface area contributed by atoms with E-state index in [-0.39, 0.29) is 6.54 Å². The van der Waals surface area contributed by atoms with Gasteiger partial charge in [0, 0.05) is 6.54 Å². The molecule has 2 rings (SSSR count). The van der Waals surface area contributed by atoms with Gasteiger partial charge < -0.3 is 5.11 Å². The first-order chi connectivity index (χ1) is 9.15. The summed E-state index contributed by atoms with van der Waals surface area (Å²) in [5.41, 5.74) is -1.24. The zero-order chi connectivity index (χ0) is 15.1. The summed E-state index contributed by atoms with van der Waals surface area (Å²) in [5, 5.41) is 10.0. The zero-order valence-corrected chi connectivity index (χ0v) is 12.1. The van der Waals surface area contributed by atoms with Gasteiger partial charge in [-0.3, -0.25) is 0 Å². The van der Waals surface area contributed by atoms with Crippen molar-refractivity contribution in [1.29, 1.82) is 0 Å². The first-order valence-electron chi connectivity index (χ1n) is 6.34. The van der Waals surface area contributed by atoms with E-state index in [2.05, 4.69) is 0 Å². The maximum atomic E-state index is 13.7. The van der Waals surface area contributed by atoms with Crippen LogP contribution in [0.4, 0.5) is 8.78 Å². The van der Waals surface area contributed by atoms with Crippen LogP contribution in [0.5, 0.6) is 0 Å². The molecule has 7 heteroatoms. The zero-order valence-electron chi connectivity index (χ0n) is 11.3. The smallest absolute Gasteiger partial charge is 0.246 e. The van der Waals surface area contributed by atoms with Gasteiger partial charge in [0.1, 0.15) is 4.90 Å². The topological polar surface area (TPSA) is 57.6 Å². The average molecular weight is 305 g/mol. The average Bonchev–Trinajstić information content (AvgIpc) is 2.81. The summed E-state index contributed by atoms with van der Waals surface area (Å²) < 4.78 is 53.0. The molecule has 4 nitrogen and oxygen atoms in total. The minimum Gasteiger partial charge on any atom is -0.389 e. The molecule has 0 saturated carbocycles. The van der Waals surface area contributed by atoms with E-state index in [0.29, 0.717) is 12.8 Å². The highest BCUT2D eigenvalue weighted by atomic mass is 32.2. The van der Waals surface area contributed by atoms with E-state index in [1.165, 1.54) is 13.8 Å². The Bertz CT molecular complexity index is 611. The van der Waals surface area contributed by atoms with Crippen LogP contribution in [0.2, 0.25) is 0 Å². The van der Waals surface area contributed by atoms with E-state index in [0.717, 1.165) is 22.5 Å². The summed E-state index contributed by atoms with van der Waals surface area (Å²) in [5.74, 6) is -2.58. The quantitative estimate of drug-likeness (QED) is 0.928. The Hall–Kier alpha value is -1.05. The van der Waals surface area contributed by atoms with E-state index >= 15 is 0 Å². The van der Waals surface area contributed by atoms with E-state index < -0.39 is 38.2 Å². The second-order valence-corrected chi connectivity index (χ2v) is 7.34. The summed E-state index contributed by atoms with van der Waals surface area (Å²) in [4.78, 5) is -0.686. The fraction of sp³-hybridized carbons (Fsp3) is 0.538. The molecule has 112 valence electrons. The van der Waals surface area contributed by atoms with Crippen molar-refractivity contribution in [2.24, 2.45) is 0 Å². The van der Waals surface area contributed by atoms with E-state index in [1.807, 2.05) is 0 Å². The minimum absolute atomic E-state index is 0.187. The number of halogens is 2. The molecule has 1 fully saturated rings. The maximum absolute atomic E-state index is 13.7. The van der Waals surface area contributed by atoms with Crippen LogP contribution in [0.3, 0.4) is 0 Å². The first kappa shape index (κ1) is 15.3. The molecule has 1 atom stereocenters. The molecule has 0 radical (unpaired) electrons. The molecule has 1 aliphatic heterocycles. The largest absolute Gasteiger partial charge is 0.389 e. The van der Waals surface area contributed by atoms with E-state index in [4.69, 9.17) is 0 Å². The molecule has 0 aromatic heterocycles. The second-order valence-electron chi connectivity index (χ2n) is 5.48. The number of rotatable bonds is 3. The fourth-order valence-corrected chi connectivity index (χ4v) is 4.44. The monoisotopic (exact) mass is 305 g/mol. The number of benzene rings is 1. The lowest BCUT2D eigenvalue weighted by Gasteiger charge is -2.33. The van der Waals surface area contributed by atoms with Crippen LogP contribution < -0.4 is 0 Å². The Balaban J connectivity index is 2.48. The van der Waals surface area contributed by atoms with Crippen molar-refractivity contribution in [3.05, 3.63) is 29.8 Å². The van der Waals surface area contributed by atoms with E-state index in [9.17, 15) is 22.3 Å². The summed E-state index contributed by atoms with van der Waals surface area (Å²) in [6, 6.07) is 2.41. The Morgan fingerprint density at radius 3 is 2.60 bits per heavy atom. The van der Waals surface area contributed by atoms with Crippen molar-refractivity contribution in [2.75, 3.05) is 6.54 Å². The SMILES string of the molecule is CC(C)(O)C1CCCN1S(=O)(=O)c1cccc(F)c1F. The van der Waals surface area contributed by atoms with Crippen LogP contribution in [-0.4, -0.2) is 36.0 Å². The van der Waals surface area contributed by atoms with Crippen molar-refractivity contribution in [1.82, 2.24) is 4.31 Å². The molecule has 1 N–H and O–H groups in total. The van der Waals surface area contributed by atoms with Gasteiger partial charge in [-0.2, -0.15) is 4.31 Å². The highest BCUT2D eigenvalue weighted by Gasteiger charge is 2.43. The summed E-state index contributed by atoms with van der Waals surface area (Å²) in [6.45, 7) is 3.20. The van der Waals surface area contributed by atoms with Gasteiger partial charge in [-0.25, -0.2) is 17.2 Å².